The van der Waals surface area contributed by atoms with Gasteiger partial charge in [0.25, 0.3) is 0 Å². The van der Waals surface area contributed by atoms with Crippen LogP contribution in [-0.2, 0) is 27.9 Å². The maximum atomic E-state index is 11.7. The molecule has 21 heavy (non-hydrogen) atoms. The molecule has 0 aliphatic rings. The molecule has 1 amide bonds. The highest BCUT2D eigenvalue weighted by molar-refractivity contribution is 7.89. The number of nitrogens with two attached hydrogens (primary N) is 1. The molecule has 9 heteroatoms. The Morgan fingerprint density at radius 3 is 2.57 bits per heavy atom. The normalized spacial score (nSPS) is 11.3. The Morgan fingerprint density at radius 2 is 2.00 bits per heavy atom. The van der Waals surface area contributed by atoms with Gasteiger partial charge in [-0.3, -0.25) is 9.48 Å². The third kappa shape index (κ3) is 4.55. The molecule has 2 aromatic rings. The zero-order valence-electron chi connectivity index (χ0n) is 10.9. The van der Waals surface area contributed by atoms with E-state index in [9.17, 15) is 13.2 Å². The van der Waals surface area contributed by atoms with E-state index in [0.29, 0.717) is 11.6 Å². The van der Waals surface area contributed by atoms with E-state index in [2.05, 4.69) is 10.4 Å². The molecule has 1 aromatic heterocycles. The zero-order chi connectivity index (χ0) is 15.5. The molecule has 112 valence electrons. The number of primary sulfonamides is 1. The molecule has 0 spiro atoms. The molecule has 1 aromatic carbocycles. The van der Waals surface area contributed by atoms with E-state index in [1.807, 2.05) is 0 Å². The molecule has 0 radical (unpaired) electrons. The van der Waals surface area contributed by atoms with Crippen LogP contribution in [0.25, 0.3) is 0 Å². The molecule has 0 saturated heterocycles. The lowest BCUT2D eigenvalue weighted by Gasteiger charge is -2.05. The standard InChI is InChI=1S/C12H13ClN4O3S/c13-10-3-1-9(2-4-10)5-15-12(18)8-17-7-11(6-16-17)21(14,19)20/h1-4,6-7H,5,8H2,(H,15,18)(H2,14,19,20). The zero-order valence-corrected chi connectivity index (χ0v) is 12.4. The van der Waals surface area contributed by atoms with Crippen LogP contribution in [0.4, 0.5) is 0 Å². The number of carbonyl (C=O) groups is 1. The highest BCUT2D eigenvalue weighted by atomic mass is 35.5. The van der Waals surface area contributed by atoms with Crippen molar-refractivity contribution in [3.63, 3.8) is 0 Å². The Kier molecular flexibility index (Phi) is 4.61. The molecular formula is C12H13ClN4O3S. The number of aromatic nitrogens is 2. The van der Waals surface area contributed by atoms with Gasteiger partial charge in [-0.05, 0) is 17.7 Å². The van der Waals surface area contributed by atoms with Crippen molar-refractivity contribution in [3.8, 4) is 0 Å². The van der Waals surface area contributed by atoms with E-state index in [1.165, 1.54) is 10.9 Å². The van der Waals surface area contributed by atoms with Crippen LogP contribution in [-0.4, -0.2) is 24.1 Å². The average molecular weight is 329 g/mol. The van der Waals surface area contributed by atoms with Gasteiger partial charge in [0.05, 0.1) is 6.20 Å². The number of amides is 1. The number of nitrogens with zero attached hydrogens (tertiary/aromatic N) is 2. The van der Waals surface area contributed by atoms with Gasteiger partial charge >= 0.3 is 0 Å². The summed E-state index contributed by atoms with van der Waals surface area (Å²) in [5.41, 5.74) is 0.901. The molecule has 0 bridgehead atoms. The Morgan fingerprint density at radius 1 is 1.33 bits per heavy atom. The minimum Gasteiger partial charge on any atom is -0.350 e. The maximum absolute atomic E-state index is 11.7. The second-order valence-corrected chi connectivity index (χ2v) is 6.32. The van der Waals surface area contributed by atoms with Gasteiger partial charge in [-0.25, -0.2) is 13.6 Å². The Bertz CT molecular complexity index is 740. The quantitative estimate of drug-likeness (QED) is 0.833. The maximum Gasteiger partial charge on any atom is 0.241 e. The Hall–Kier alpha value is -1.90. The van der Waals surface area contributed by atoms with E-state index in [-0.39, 0.29) is 17.3 Å². The molecule has 7 nitrogen and oxygen atoms in total. The average Bonchev–Trinajstić information content (AvgIpc) is 2.86. The van der Waals surface area contributed by atoms with Crippen LogP contribution in [0.15, 0.2) is 41.6 Å². The van der Waals surface area contributed by atoms with Gasteiger partial charge in [-0.2, -0.15) is 5.10 Å². The van der Waals surface area contributed by atoms with Crippen LogP contribution in [0.3, 0.4) is 0 Å². The summed E-state index contributed by atoms with van der Waals surface area (Å²) in [6.45, 7) is 0.252. The first-order valence-electron chi connectivity index (χ1n) is 5.91. The smallest absolute Gasteiger partial charge is 0.241 e. The number of hydrogen-bond donors (Lipinski definition) is 2. The van der Waals surface area contributed by atoms with E-state index in [0.717, 1.165) is 11.8 Å². The highest BCUT2D eigenvalue weighted by Gasteiger charge is 2.12. The van der Waals surface area contributed by atoms with Gasteiger partial charge in [0.2, 0.25) is 15.9 Å². The van der Waals surface area contributed by atoms with Crippen LogP contribution in [0.5, 0.6) is 0 Å². The van der Waals surface area contributed by atoms with Crippen LogP contribution in [0.1, 0.15) is 5.56 Å². The van der Waals surface area contributed by atoms with Crippen LogP contribution in [0.2, 0.25) is 5.02 Å². The predicted octanol–water partition coefficient (Wildman–Crippen LogP) is 0.500. The summed E-state index contributed by atoms with van der Waals surface area (Å²) in [5.74, 6) is -0.297. The van der Waals surface area contributed by atoms with Crippen molar-refractivity contribution in [3.05, 3.63) is 47.2 Å². The van der Waals surface area contributed by atoms with Crippen LogP contribution in [0, 0.1) is 0 Å². The fourth-order valence-corrected chi connectivity index (χ4v) is 2.17. The summed E-state index contributed by atoms with van der Waals surface area (Å²) in [5, 5.41) is 12.0. The Labute approximate surface area is 126 Å². The summed E-state index contributed by atoms with van der Waals surface area (Å²) in [6.07, 6.45) is 2.30. The lowest BCUT2D eigenvalue weighted by Crippen LogP contribution is -2.27. The number of sulfonamides is 1. The van der Waals surface area contributed by atoms with Crippen molar-refractivity contribution >= 4 is 27.5 Å². The first kappa shape index (κ1) is 15.5. The summed E-state index contributed by atoms with van der Waals surface area (Å²) in [6, 6.07) is 7.06. The summed E-state index contributed by atoms with van der Waals surface area (Å²) in [4.78, 5) is 11.6. The molecule has 0 aliphatic heterocycles. The lowest BCUT2D eigenvalue weighted by atomic mass is 10.2. The first-order chi connectivity index (χ1) is 9.84. The summed E-state index contributed by atoms with van der Waals surface area (Å²) in [7, 11) is -3.80. The summed E-state index contributed by atoms with van der Waals surface area (Å²) < 4.78 is 23.4. The van der Waals surface area contributed by atoms with Crippen molar-refractivity contribution < 1.29 is 13.2 Å². The molecule has 1 heterocycles. The molecule has 0 unspecified atom stereocenters. The van der Waals surface area contributed by atoms with Gasteiger partial charge in [0.15, 0.2) is 0 Å². The van der Waals surface area contributed by atoms with E-state index in [4.69, 9.17) is 16.7 Å². The van der Waals surface area contributed by atoms with Crippen molar-refractivity contribution in [2.45, 2.75) is 18.0 Å². The third-order valence-electron chi connectivity index (χ3n) is 2.65. The third-order valence-corrected chi connectivity index (χ3v) is 3.77. The van der Waals surface area contributed by atoms with E-state index < -0.39 is 10.0 Å². The molecular weight excluding hydrogens is 316 g/mol. The largest absolute Gasteiger partial charge is 0.350 e. The summed E-state index contributed by atoms with van der Waals surface area (Å²) >= 11 is 5.76. The van der Waals surface area contributed by atoms with E-state index >= 15 is 0 Å². The number of carbonyl (C=O) groups excluding carboxylic acids is 1. The number of benzene rings is 1. The van der Waals surface area contributed by atoms with Crippen molar-refractivity contribution in [2.24, 2.45) is 5.14 Å². The number of nitrogens with one attached hydrogen (secondary N) is 1. The van der Waals surface area contributed by atoms with Crippen LogP contribution >= 0.6 is 11.6 Å². The van der Waals surface area contributed by atoms with Gasteiger partial charge in [-0.1, -0.05) is 23.7 Å². The number of hydrogen-bond acceptors (Lipinski definition) is 4. The molecule has 0 fully saturated rings. The molecule has 0 aliphatic carbocycles. The monoisotopic (exact) mass is 328 g/mol. The predicted molar refractivity (Wildman–Crippen MR) is 76.9 cm³/mol. The second kappa shape index (κ2) is 6.25. The number of halogens is 1. The fraction of sp³-hybridized carbons (Fsp3) is 0.167. The number of rotatable bonds is 5. The van der Waals surface area contributed by atoms with E-state index in [1.54, 1.807) is 24.3 Å². The van der Waals surface area contributed by atoms with Crippen molar-refractivity contribution in [1.82, 2.24) is 15.1 Å². The topological polar surface area (TPSA) is 107 Å². The van der Waals surface area contributed by atoms with Crippen LogP contribution < -0.4 is 10.5 Å². The minimum atomic E-state index is -3.80. The first-order valence-corrected chi connectivity index (χ1v) is 7.83. The second-order valence-electron chi connectivity index (χ2n) is 4.32. The molecule has 0 saturated carbocycles. The molecule has 0 atom stereocenters. The lowest BCUT2D eigenvalue weighted by molar-refractivity contribution is -0.122. The fourth-order valence-electron chi connectivity index (χ4n) is 1.58. The van der Waals surface area contributed by atoms with Gasteiger partial charge in [-0.15, -0.1) is 0 Å². The van der Waals surface area contributed by atoms with Gasteiger partial charge in [0, 0.05) is 17.8 Å². The SMILES string of the molecule is NS(=O)(=O)c1cnn(CC(=O)NCc2ccc(Cl)cc2)c1. The van der Waals surface area contributed by atoms with Crippen molar-refractivity contribution in [2.75, 3.05) is 0 Å². The molecule has 2 rings (SSSR count). The minimum absolute atomic E-state index is 0.0941. The van der Waals surface area contributed by atoms with Gasteiger partial charge in [0.1, 0.15) is 11.4 Å². The molecule has 3 N–H and O–H groups in total. The highest BCUT2D eigenvalue weighted by Crippen LogP contribution is 2.09. The Balaban J connectivity index is 1.90. The van der Waals surface area contributed by atoms with Gasteiger partial charge < -0.3 is 5.32 Å². The van der Waals surface area contributed by atoms with Crippen molar-refractivity contribution in [1.29, 1.82) is 0 Å².